The number of carbonyl (C=O) groups excluding carboxylic acids is 2. The quantitative estimate of drug-likeness (QED) is 0.619. The van der Waals surface area contributed by atoms with Crippen molar-refractivity contribution < 1.29 is 14.3 Å². The molecule has 28 heavy (non-hydrogen) atoms. The Morgan fingerprint density at radius 2 is 1.36 bits per heavy atom. The summed E-state index contributed by atoms with van der Waals surface area (Å²) < 4.78 is 5.40. The minimum absolute atomic E-state index is 0.125. The maximum atomic E-state index is 12.5. The molecule has 0 fully saturated rings. The lowest BCUT2D eigenvalue weighted by molar-refractivity contribution is -0.147. The maximum Gasteiger partial charge on any atom is 0.329 e. The van der Waals surface area contributed by atoms with Crippen molar-refractivity contribution in [2.75, 3.05) is 0 Å². The third-order valence-corrected chi connectivity index (χ3v) is 4.33. The largest absolute Gasteiger partial charge is 0.459 e. The number of esters is 1. The molecule has 5 heteroatoms. The molecule has 0 radical (unpaired) electrons. The van der Waals surface area contributed by atoms with Gasteiger partial charge in [-0.05, 0) is 22.3 Å². The summed E-state index contributed by atoms with van der Waals surface area (Å²) in [5, 5.41) is 2.46. The highest BCUT2D eigenvalue weighted by atomic mass is 16.5. The lowest BCUT2D eigenvalue weighted by Crippen LogP contribution is -2.45. The van der Waals surface area contributed by atoms with Gasteiger partial charge in [0.15, 0.2) is 0 Å². The molecule has 0 heterocycles. The summed E-state index contributed by atoms with van der Waals surface area (Å²) in [7, 11) is 0. The maximum absolute atomic E-state index is 12.5. The molecular weight excluding hydrogens is 352 g/mol. The molecule has 0 aliphatic heterocycles. The van der Waals surface area contributed by atoms with E-state index in [0.29, 0.717) is 6.42 Å². The molecule has 2 amide bonds. The van der Waals surface area contributed by atoms with Gasteiger partial charge in [0.25, 0.3) is 0 Å². The summed E-state index contributed by atoms with van der Waals surface area (Å²) in [6.07, 6.45) is 0.315. The van der Waals surface area contributed by atoms with Crippen LogP contribution in [0.5, 0.6) is 0 Å². The van der Waals surface area contributed by atoms with Gasteiger partial charge in [0, 0.05) is 6.42 Å². The fraction of sp³-hybridized carbons (Fsp3) is 0.130. The second kappa shape index (κ2) is 9.37. The second-order valence-corrected chi connectivity index (χ2v) is 6.42. The SMILES string of the molecule is NC(=O)N[C@@H](Cc1ccccc1)C(=O)OCc1ccc(-c2ccccc2)cc1. The first-order valence-corrected chi connectivity index (χ1v) is 9.03. The van der Waals surface area contributed by atoms with E-state index in [1.54, 1.807) is 0 Å². The van der Waals surface area contributed by atoms with Gasteiger partial charge in [0.2, 0.25) is 0 Å². The minimum atomic E-state index is -0.830. The Bertz CT molecular complexity index is 910. The van der Waals surface area contributed by atoms with Crippen molar-refractivity contribution in [2.45, 2.75) is 19.1 Å². The first kappa shape index (κ1) is 19.2. The number of hydrogen-bond donors (Lipinski definition) is 2. The van der Waals surface area contributed by atoms with Crippen molar-refractivity contribution in [2.24, 2.45) is 5.73 Å². The van der Waals surface area contributed by atoms with Gasteiger partial charge in [-0.1, -0.05) is 84.9 Å². The van der Waals surface area contributed by atoms with Gasteiger partial charge in [0.1, 0.15) is 12.6 Å². The number of urea groups is 1. The van der Waals surface area contributed by atoms with Crippen LogP contribution in [-0.2, 0) is 22.6 Å². The molecule has 0 saturated heterocycles. The van der Waals surface area contributed by atoms with Crippen LogP contribution >= 0.6 is 0 Å². The Morgan fingerprint density at radius 1 is 0.786 bits per heavy atom. The molecule has 0 aliphatic carbocycles. The summed E-state index contributed by atoms with van der Waals surface area (Å²) >= 11 is 0. The number of primary amides is 1. The lowest BCUT2D eigenvalue weighted by atomic mass is 10.0. The number of benzene rings is 3. The van der Waals surface area contributed by atoms with E-state index in [1.807, 2.05) is 84.9 Å². The van der Waals surface area contributed by atoms with Crippen LogP contribution in [0.15, 0.2) is 84.9 Å². The van der Waals surface area contributed by atoms with Crippen molar-refractivity contribution in [3.05, 3.63) is 96.1 Å². The molecule has 3 aromatic rings. The van der Waals surface area contributed by atoms with Crippen molar-refractivity contribution in [3.8, 4) is 11.1 Å². The number of ether oxygens (including phenoxy) is 1. The van der Waals surface area contributed by atoms with Crippen LogP contribution in [0.4, 0.5) is 4.79 Å². The Morgan fingerprint density at radius 3 is 1.96 bits per heavy atom. The molecule has 0 unspecified atom stereocenters. The van der Waals surface area contributed by atoms with Gasteiger partial charge in [-0.3, -0.25) is 0 Å². The van der Waals surface area contributed by atoms with Crippen LogP contribution in [-0.4, -0.2) is 18.0 Å². The predicted octanol–water partition coefficient (Wildman–Crippen LogP) is 3.68. The molecule has 3 rings (SSSR count). The van der Waals surface area contributed by atoms with Gasteiger partial charge in [-0.25, -0.2) is 9.59 Å². The Balaban J connectivity index is 1.61. The average Bonchev–Trinajstić information content (AvgIpc) is 2.73. The Hall–Kier alpha value is -3.60. The Labute approximate surface area is 164 Å². The zero-order valence-corrected chi connectivity index (χ0v) is 15.4. The second-order valence-electron chi connectivity index (χ2n) is 6.42. The smallest absolute Gasteiger partial charge is 0.329 e. The molecule has 3 N–H and O–H groups in total. The minimum Gasteiger partial charge on any atom is -0.459 e. The third kappa shape index (κ3) is 5.45. The zero-order chi connectivity index (χ0) is 19.8. The van der Waals surface area contributed by atoms with E-state index in [9.17, 15) is 9.59 Å². The molecule has 5 nitrogen and oxygen atoms in total. The summed E-state index contributed by atoms with van der Waals surface area (Å²) in [5.74, 6) is -0.519. The summed E-state index contributed by atoms with van der Waals surface area (Å²) in [6, 6.07) is 25.7. The summed E-state index contributed by atoms with van der Waals surface area (Å²) in [4.78, 5) is 23.7. The summed E-state index contributed by atoms with van der Waals surface area (Å²) in [5.41, 5.74) is 9.20. The first-order valence-electron chi connectivity index (χ1n) is 9.03. The number of nitrogens with two attached hydrogens (primary N) is 1. The number of nitrogens with one attached hydrogen (secondary N) is 1. The molecule has 0 bridgehead atoms. The zero-order valence-electron chi connectivity index (χ0n) is 15.4. The standard InChI is InChI=1S/C23H22N2O3/c24-23(27)25-21(15-17-7-3-1-4-8-17)22(26)28-16-18-11-13-20(14-12-18)19-9-5-2-6-10-19/h1-14,21H,15-16H2,(H3,24,25,27)/t21-/m0/s1. The van der Waals surface area contributed by atoms with Gasteiger partial charge in [-0.2, -0.15) is 0 Å². The van der Waals surface area contributed by atoms with E-state index in [-0.39, 0.29) is 6.61 Å². The van der Waals surface area contributed by atoms with Crippen LogP contribution < -0.4 is 11.1 Å². The highest BCUT2D eigenvalue weighted by Crippen LogP contribution is 2.19. The molecule has 0 saturated carbocycles. The molecule has 1 atom stereocenters. The molecule has 0 spiro atoms. The van der Waals surface area contributed by atoms with Crippen LogP contribution in [0.2, 0.25) is 0 Å². The molecule has 0 aromatic heterocycles. The monoisotopic (exact) mass is 374 g/mol. The number of rotatable bonds is 7. The van der Waals surface area contributed by atoms with Crippen LogP contribution in [0.1, 0.15) is 11.1 Å². The van der Waals surface area contributed by atoms with Crippen molar-refractivity contribution in [1.29, 1.82) is 0 Å². The van der Waals surface area contributed by atoms with Crippen molar-refractivity contribution >= 4 is 12.0 Å². The highest BCUT2D eigenvalue weighted by Gasteiger charge is 2.22. The van der Waals surface area contributed by atoms with Gasteiger partial charge >= 0.3 is 12.0 Å². The molecule has 142 valence electrons. The van der Waals surface area contributed by atoms with Crippen LogP contribution in [0.3, 0.4) is 0 Å². The van der Waals surface area contributed by atoms with Gasteiger partial charge in [0.05, 0.1) is 0 Å². The van der Waals surface area contributed by atoms with E-state index in [2.05, 4.69) is 5.32 Å². The van der Waals surface area contributed by atoms with E-state index in [0.717, 1.165) is 22.3 Å². The van der Waals surface area contributed by atoms with E-state index < -0.39 is 18.0 Å². The normalized spacial score (nSPS) is 11.4. The molecular formula is C23H22N2O3. The third-order valence-electron chi connectivity index (χ3n) is 4.33. The predicted molar refractivity (Wildman–Crippen MR) is 108 cm³/mol. The molecule has 0 aliphatic rings. The van der Waals surface area contributed by atoms with Crippen molar-refractivity contribution in [3.63, 3.8) is 0 Å². The van der Waals surface area contributed by atoms with Crippen molar-refractivity contribution in [1.82, 2.24) is 5.32 Å². The first-order chi connectivity index (χ1) is 13.6. The van der Waals surface area contributed by atoms with Crippen LogP contribution in [0.25, 0.3) is 11.1 Å². The van der Waals surface area contributed by atoms with Gasteiger partial charge in [-0.15, -0.1) is 0 Å². The molecule has 3 aromatic carbocycles. The lowest BCUT2D eigenvalue weighted by Gasteiger charge is -2.17. The fourth-order valence-electron chi connectivity index (χ4n) is 2.89. The van der Waals surface area contributed by atoms with Crippen LogP contribution in [0, 0.1) is 0 Å². The summed E-state index contributed by atoms with van der Waals surface area (Å²) in [6.45, 7) is 0.125. The fourth-order valence-corrected chi connectivity index (χ4v) is 2.89. The average molecular weight is 374 g/mol. The van der Waals surface area contributed by atoms with E-state index in [4.69, 9.17) is 10.5 Å². The number of amides is 2. The topological polar surface area (TPSA) is 81.4 Å². The van der Waals surface area contributed by atoms with Gasteiger partial charge < -0.3 is 15.8 Å². The van der Waals surface area contributed by atoms with E-state index >= 15 is 0 Å². The Kier molecular flexibility index (Phi) is 6.41. The number of carbonyl (C=O) groups is 2. The number of hydrogen-bond acceptors (Lipinski definition) is 3. The van der Waals surface area contributed by atoms with E-state index in [1.165, 1.54) is 0 Å². The highest BCUT2D eigenvalue weighted by molar-refractivity contribution is 5.83.